The van der Waals surface area contributed by atoms with Crippen molar-refractivity contribution in [3.8, 4) is 0 Å². The molecule has 0 aromatic carbocycles. The number of hydrogen-bond donors (Lipinski definition) is 1. The molecule has 1 heterocycles. The van der Waals surface area contributed by atoms with Gasteiger partial charge in [-0.3, -0.25) is 4.90 Å². The van der Waals surface area contributed by atoms with Gasteiger partial charge in [-0.1, -0.05) is 6.92 Å². The maximum atomic E-state index is 12.2. The van der Waals surface area contributed by atoms with Crippen molar-refractivity contribution in [3.63, 3.8) is 0 Å². The van der Waals surface area contributed by atoms with Crippen molar-refractivity contribution in [2.45, 2.75) is 32.4 Å². The van der Waals surface area contributed by atoms with Crippen molar-refractivity contribution < 1.29 is 13.2 Å². The lowest BCUT2D eigenvalue weighted by Crippen LogP contribution is -2.43. The standard InChI is InChI=1S/C11H21F3N2/c1-2-5-15-7-10-4-3-6-16(8-10)9-11(12,13)14/h10,15H,2-9H2,1H3. The second-order valence-electron chi connectivity index (χ2n) is 4.56. The highest BCUT2D eigenvalue weighted by Gasteiger charge is 2.32. The number of likely N-dealkylation sites (tertiary alicyclic amines) is 1. The van der Waals surface area contributed by atoms with Crippen LogP contribution in [0.5, 0.6) is 0 Å². The first-order valence-electron chi connectivity index (χ1n) is 6.01. The van der Waals surface area contributed by atoms with Crippen LogP contribution in [-0.4, -0.2) is 43.8 Å². The molecular formula is C11H21F3N2. The number of alkyl halides is 3. The van der Waals surface area contributed by atoms with Gasteiger partial charge in [-0.15, -0.1) is 0 Å². The fourth-order valence-corrected chi connectivity index (χ4v) is 2.20. The fourth-order valence-electron chi connectivity index (χ4n) is 2.20. The predicted molar refractivity (Wildman–Crippen MR) is 58.4 cm³/mol. The minimum absolute atomic E-state index is 0.377. The zero-order chi connectivity index (χ0) is 12.0. The van der Waals surface area contributed by atoms with Crippen LogP contribution in [0, 0.1) is 5.92 Å². The Labute approximate surface area is 95.2 Å². The van der Waals surface area contributed by atoms with Crippen LogP contribution in [0.2, 0.25) is 0 Å². The number of piperidine rings is 1. The minimum Gasteiger partial charge on any atom is -0.316 e. The number of hydrogen-bond acceptors (Lipinski definition) is 2. The number of halogens is 3. The van der Waals surface area contributed by atoms with Crippen molar-refractivity contribution in [2.75, 3.05) is 32.7 Å². The molecule has 1 unspecified atom stereocenters. The van der Waals surface area contributed by atoms with E-state index in [-0.39, 0.29) is 0 Å². The highest BCUT2D eigenvalue weighted by atomic mass is 19.4. The van der Waals surface area contributed by atoms with Gasteiger partial charge in [0.2, 0.25) is 0 Å². The van der Waals surface area contributed by atoms with E-state index in [4.69, 9.17) is 0 Å². The monoisotopic (exact) mass is 238 g/mol. The second kappa shape index (κ2) is 6.45. The first kappa shape index (κ1) is 13.8. The third-order valence-electron chi connectivity index (χ3n) is 2.87. The van der Waals surface area contributed by atoms with Gasteiger partial charge in [0.05, 0.1) is 6.54 Å². The van der Waals surface area contributed by atoms with Crippen LogP contribution in [-0.2, 0) is 0 Å². The van der Waals surface area contributed by atoms with Crippen LogP contribution in [0.1, 0.15) is 26.2 Å². The summed E-state index contributed by atoms with van der Waals surface area (Å²) >= 11 is 0. The van der Waals surface area contributed by atoms with E-state index in [0.29, 0.717) is 19.0 Å². The van der Waals surface area contributed by atoms with Gasteiger partial charge in [-0.05, 0) is 44.8 Å². The quantitative estimate of drug-likeness (QED) is 0.739. The summed E-state index contributed by atoms with van der Waals surface area (Å²) in [6.45, 7) is 4.30. The Balaban J connectivity index is 2.24. The van der Waals surface area contributed by atoms with Crippen LogP contribution in [0.3, 0.4) is 0 Å². The maximum absolute atomic E-state index is 12.2. The van der Waals surface area contributed by atoms with E-state index in [1.807, 2.05) is 0 Å². The second-order valence-corrected chi connectivity index (χ2v) is 4.56. The molecule has 96 valence electrons. The lowest BCUT2D eigenvalue weighted by atomic mass is 9.98. The summed E-state index contributed by atoms with van der Waals surface area (Å²) in [7, 11) is 0. The summed E-state index contributed by atoms with van der Waals surface area (Å²) in [6, 6.07) is 0. The summed E-state index contributed by atoms with van der Waals surface area (Å²) in [5.74, 6) is 0.377. The van der Waals surface area contributed by atoms with E-state index in [9.17, 15) is 13.2 Å². The number of nitrogens with zero attached hydrogens (tertiary/aromatic N) is 1. The summed E-state index contributed by atoms with van der Waals surface area (Å²) in [6.07, 6.45) is -1.06. The largest absolute Gasteiger partial charge is 0.401 e. The van der Waals surface area contributed by atoms with E-state index in [0.717, 1.165) is 32.4 Å². The highest BCUT2D eigenvalue weighted by Crippen LogP contribution is 2.21. The van der Waals surface area contributed by atoms with Crippen molar-refractivity contribution in [1.29, 1.82) is 0 Å². The van der Waals surface area contributed by atoms with Crippen LogP contribution in [0.25, 0.3) is 0 Å². The molecule has 0 aromatic heterocycles. The molecule has 0 bridgehead atoms. The zero-order valence-corrected chi connectivity index (χ0v) is 9.82. The molecule has 1 aliphatic heterocycles. The summed E-state index contributed by atoms with van der Waals surface area (Å²) in [5, 5.41) is 3.28. The van der Waals surface area contributed by atoms with Crippen LogP contribution in [0.4, 0.5) is 13.2 Å². The van der Waals surface area contributed by atoms with Crippen molar-refractivity contribution in [2.24, 2.45) is 5.92 Å². The van der Waals surface area contributed by atoms with Crippen molar-refractivity contribution in [1.82, 2.24) is 10.2 Å². The van der Waals surface area contributed by atoms with Crippen molar-refractivity contribution in [3.05, 3.63) is 0 Å². The Morgan fingerprint density at radius 1 is 1.38 bits per heavy atom. The molecule has 1 saturated heterocycles. The normalized spacial score (nSPS) is 23.6. The molecule has 0 aliphatic carbocycles. The van der Waals surface area contributed by atoms with Gasteiger partial charge in [-0.2, -0.15) is 13.2 Å². The molecule has 0 radical (unpaired) electrons. The predicted octanol–water partition coefficient (Wildman–Crippen LogP) is 2.26. The Morgan fingerprint density at radius 2 is 2.12 bits per heavy atom. The molecule has 0 aromatic rings. The Kier molecular flexibility index (Phi) is 5.55. The zero-order valence-electron chi connectivity index (χ0n) is 9.82. The molecule has 1 atom stereocenters. The van der Waals surface area contributed by atoms with E-state index in [2.05, 4.69) is 12.2 Å². The summed E-state index contributed by atoms with van der Waals surface area (Å²) in [5.41, 5.74) is 0. The van der Waals surface area contributed by atoms with Gasteiger partial charge in [-0.25, -0.2) is 0 Å². The lowest BCUT2D eigenvalue weighted by Gasteiger charge is -2.33. The lowest BCUT2D eigenvalue weighted by molar-refractivity contribution is -0.149. The van der Waals surface area contributed by atoms with E-state index < -0.39 is 12.7 Å². The molecular weight excluding hydrogens is 217 g/mol. The average molecular weight is 238 g/mol. The smallest absolute Gasteiger partial charge is 0.316 e. The fraction of sp³-hybridized carbons (Fsp3) is 1.00. The van der Waals surface area contributed by atoms with E-state index >= 15 is 0 Å². The molecule has 1 fully saturated rings. The molecule has 5 heteroatoms. The Hall–Kier alpha value is -0.290. The van der Waals surface area contributed by atoms with Crippen LogP contribution in [0.15, 0.2) is 0 Å². The van der Waals surface area contributed by atoms with E-state index in [1.54, 1.807) is 0 Å². The molecule has 1 N–H and O–H groups in total. The topological polar surface area (TPSA) is 15.3 Å². The van der Waals surface area contributed by atoms with Gasteiger partial charge in [0.25, 0.3) is 0 Å². The van der Waals surface area contributed by atoms with Gasteiger partial charge in [0.1, 0.15) is 0 Å². The summed E-state index contributed by atoms with van der Waals surface area (Å²) < 4.78 is 36.6. The average Bonchev–Trinajstić information content (AvgIpc) is 2.16. The van der Waals surface area contributed by atoms with Gasteiger partial charge in [0, 0.05) is 6.54 Å². The Bertz CT molecular complexity index is 194. The molecule has 0 saturated carbocycles. The maximum Gasteiger partial charge on any atom is 0.401 e. The molecule has 2 nitrogen and oxygen atoms in total. The number of nitrogens with one attached hydrogen (secondary N) is 1. The molecule has 1 aliphatic rings. The third kappa shape index (κ3) is 5.70. The van der Waals surface area contributed by atoms with Crippen molar-refractivity contribution >= 4 is 0 Å². The number of rotatable bonds is 5. The van der Waals surface area contributed by atoms with E-state index in [1.165, 1.54) is 4.90 Å². The van der Waals surface area contributed by atoms with Crippen LogP contribution < -0.4 is 5.32 Å². The van der Waals surface area contributed by atoms with Gasteiger partial charge in [0.15, 0.2) is 0 Å². The SMILES string of the molecule is CCCNCC1CCCN(CC(F)(F)F)C1. The molecule has 16 heavy (non-hydrogen) atoms. The first-order chi connectivity index (χ1) is 7.51. The molecule has 1 rings (SSSR count). The Morgan fingerprint density at radius 3 is 2.75 bits per heavy atom. The van der Waals surface area contributed by atoms with Gasteiger partial charge >= 0.3 is 6.18 Å². The molecule has 0 spiro atoms. The van der Waals surface area contributed by atoms with Gasteiger partial charge < -0.3 is 5.32 Å². The summed E-state index contributed by atoms with van der Waals surface area (Å²) in [4.78, 5) is 1.53. The minimum atomic E-state index is -4.06. The molecule has 0 amide bonds. The van der Waals surface area contributed by atoms with Crippen LogP contribution >= 0.6 is 0 Å². The highest BCUT2D eigenvalue weighted by molar-refractivity contribution is 4.76. The first-order valence-corrected chi connectivity index (χ1v) is 6.01. The third-order valence-corrected chi connectivity index (χ3v) is 2.87.